The van der Waals surface area contributed by atoms with Crippen LogP contribution in [0.3, 0.4) is 0 Å². The summed E-state index contributed by atoms with van der Waals surface area (Å²) in [6, 6.07) is 4.44. The highest BCUT2D eigenvalue weighted by molar-refractivity contribution is 6.18. The molecule has 198 valence electrons. The fourth-order valence-electron chi connectivity index (χ4n) is 5.64. The molecule has 38 heavy (non-hydrogen) atoms. The molecular formula is C36H44BF. The van der Waals surface area contributed by atoms with Crippen LogP contribution in [0.5, 0.6) is 0 Å². The van der Waals surface area contributed by atoms with Crippen molar-refractivity contribution in [1.82, 2.24) is 0 Å². The van der Waals surface area contributed by atoms with Crippen molar-refractivity contribution in [3.05, 3.63) is 129 Å². The molecule has 0 nitrogen and oxygen atoms in total. The van der Waals surface area contributed by atoms with Crippen LogP contribution in [0, 0.1) is 19.3 Å². The Morgan fingerprint density at radius 2 is 1.89 bits per heavy atom. The third-order valence-electron chi connectivity index (χ3n) is 8.43. The molecule has 0 unspecified atom stereocenters. The van der Waals surface area contributed by atoms with Crippen molar-refractivity contribution in [2.24, 2.45) is 5.41 Å². The molecule has 2 heteroatoms. The van der Waals surface area contributed by atoms with Crippen molar-refractivity contribution < 1.29 is 4.39 Å². The summed E-state index contributed by atoms with van der Waals surface area (Å²) in [5.41, 5.74) is 16.4. The SMILES string of the molecule is BC1(C(=C/Cc2c(C)ccc(CC(C)=C=C3C=C=CC=C/C3=C/C=C)c2C)/C(F)=C\C)CCC(C)(C)CC1. The largest absolute Gasteiger partial charge is 0.207 e. The highest BCUT2D eigenvalue weighted by Crippen LogP contribution is 2.54. The van der Waals surface area contributed by atoms with Gasteiger partial charge in [0.05, 0.1) is 0 Å². The molecular weight excluding hydrogens is 462 g/mol. The molecule has 2 aliphatic carbocycles. The van der Waals surface area contributed by atoms with Crippen molar-refractivity contribution in [1.29, 1.82) is 0 Å². The van der Waals surface area contributed by atoms with Gasteiger partial charge in [-0.15, -0.1) is 11.5 Å². The fraction of sp³-hybridized carbons (Fsp3) is 0.389. The second-order valence-corrected chi connectivity index (χ2v) is 12.0. The predicted octanol–water partition coefficient (Wildman–Crippen LogP) is 9.45. The Morgan fingerprint density at radius 3 is 2.55 bits per heavy atom. The number of rotatable bonds is 7. The third-order valence-corrected chi connectivity index (χ3v) is 8.43. The van der Waals surface area contributed by atoms with Gasteiger partial charge in [-0.05, 0) is 109 Å². The lowest BCUT2D eigenvalue weighted by Gasteiger charge is -2.43. The summed E-state index contributed by atoms with van der Waals surface area (Å²) >= 11 is 0. The molecule has 1 saturated carbocycles. The molecule has 0 amide bonds. The number of benzene rings is 1. The maximum Gasteiger partial charge on any atom is 0.121 e. The van der Waals surface area contributed by atoms with Gasteiger partial charge in [-0.25, -0.2) is 4.39 Å². The van der Waals surface area contributed by atoms with E-state index in [1.807, 2.05) is 31.2 Å². The van der Waals surface area contributed by atoms with Crippen LogP contribution in [-0.4, -0.2) is 7.85 Å². The van der Waals surface area contributed by atoms with Crippen LogP contribution in [0.4, 0.5) is 4.39 Å². The molecule has 0 aromatic heterocycles. The van der Waals surface area contributed by atoms with Gasteiger partial charge in [-0.1, -0.05) is 81.9 Å². The first-order chi connectivity index (χ1) is 18.0. The Labute approximate surface area is 231 Å². The summed E-state index contributed by atoms with van der Waals surface area (Å²) in [6.45, 7) is 16.8. The first-order valence-corrected chi connectivity index (χ1v) is 14.0. The van der Waals surface area contributed by atoms with Crippen molar-refractivity contribution >= 4 is 7.85 Å². The van der Waals surface area contributed by atoms with E-state index in [4.69, 9.17) is 0 Å². The predicted molar refractivity (Wildman–Crippen MR) is 166 cm³/mol. The van der Waals surface area contributed by atoms with E-state index < -0.39 is 0 Å². The van der Waals surface area contributed by atoms with Crippen LogP contribution in [-0.2, 0) is 12.8 Å². The molecule has 0 saturated heterocycles. The van der Waals surface area contributed by atoms with Crippen molar-refractivity contribution in [2.45, 2.75) is 85.4 Å². The Hall–Kier alpha value is -3.05. The Kier molecular flexibility index (Phi) is 9.84. The van der Waals surface area contributed by atoms with Crippen molar-refractivity contribution in [3.8, 4) is 0 Å². The van der Waals surface area contributed by atoms with E-state index >= 15 is 4.39 Å². The lowest BCUT2D eigenvalue weighted by Crippen LogP contribution is -2.28. The lowest BCUT2D eigenvalue weighted by molar-refractivity contribution is 0.215. The molecule has 1 fully saturated rings. The van der Waals surface area contributed by atoms with E-state index in [1.165, 1.54) is 22.3 Å². The zero-order chi connectivity index (χ0) is 27.9. The summed E-state index contributed by atoms with van der Waals surface area (Å²) in [5, 5.41) is -0.108. The van der Waals surface area contributed by atoms with E-state index in [0.29, 0.717) is 5.41 Å². The molecule has 2 aliphatic rings. The van der Waals surface area contributed by atoms with Crippen LogP contribution in [0.2, 0.25) is 5.31 Å². The van der Waals surface area contributed by atoms with Crippen molar-refractivity contribution in [3.63, 3.8) is 0 Å². The molecule has 1 aromatic rings. The van der Waals surface area contributed by atoms with E-state index in [0.717, 1.165) is 60.8 Å². The zero-order valence-corrected chi connectivity index (χ0v) is 24.6. The second-order valence-electron chi connectivity index (χ2n) is 12.0. The maximum atomic E-state index is 15.3. The van der Waals surface area contributed by atoms with E-state index in [-0.39, 0.29) is 11.1 Å². The number of aryl methyl sites for hydroxylation is 1. The summed E-state index contributed by atoms with van der Waals surface area (Å²) < 4.78 is 15.3. The van der Waals surface area contributed by atoms with Gasteiger partial charge in [-0.2, -0.15) is 0 Å². The summed E-state index contributed by atoms with van der Waals surface area (Å²) in [6.07, 6.45) is 21.4. The highest BCUT2D eigenvalue weighted by Gasteiger charge is 2.38. The summed E-state index contributed by atoms with van der Waals surface area (Å²) in [5.74, 6) is -0.0630. The average Bonchev–Trinajstić information content (AvgIpc) is 3.10. The van der Waals surface area contributed by atoms with Gasteiger partial charge in [0.15, 0.2) is 0 Å². The normalized spacial score (nSPS) is 19.9. The second kappa shape index (κ2) is 12.7. The van der Waals surface area contributed by atoms with E-state index in [1.54, 1.807) is 12.2 Å². The smallest absolute Gasteiger partial charge is 0.121 e. The van der Waals surface area contributed by atoms with Gasteiger partial charge in [0.2, 0.25) is 0 Å². The standard InChI is InChI=1S/C36H44BF/c1-8-13-29-14-11-10-12-15-31(29)25-26(3)24-30-17-16-27(4)32(28(30)5)18-19-33(34(38)9-2)36(37)22-20-35(6,7)21-23-36/h8-11,13-17,19H,1,18,20-24,37H2,2-7H3/b29-13-,33-19+,34-9+. The fourth-order valence-corrected chi connectivity index (χ4v) is 5.64. The Balaban J connectivity index is 1.95. The monoisotopic (exact) mass is 506 g/mol. The Morgan fingerprint density at radius 1 is 1.18 bits per heavy atom. The first-order valence-electron chi connectivity index (χ1n) is 14.0. The highest BCUT2D eigenvalue weighted by atomic mass is 19.1. The third kappa shape index (κ3) is 7.29. The Bertz CT molecular complexity index is 1320. The minimum absolute atomic E-state index is 0.0630. The maximum absolute atomic E-state index is 15.3. The van der Waals surface area contributed by atoms with Crippen LogP contribution < -0.4 is 0 Å². The molecule has 0 aliphatic heterocycles. The average molecular weight is 507 g/mol. The minimum atomic E-state index is -0.108. The number of hydrogen-bond donors (Lipinski definition) is 0. The van der Waals surface area contributed by atoms with Gasteiger partial charge in [0.1, 0.15) is 13.7 Å². The van der Waals surface area contributed by atoms with E-state index in [9.17, 15) is 0 Å². The molecule has 0 radical (unpaired) electrons. The van der Waals surface area contributed by atoms with Gasteiger partial charge in [0, 0.05) is 12.0 Å². The topological polar surface area (TPSA) is 0 Å². The molecule has 0 heterocycles. The van der Waals surface area contributed by atoms with Crippen molar-refractivity contribution in [2.75, 3.05) is 0 Å². The quantitative estimate of drug-likeness (QED) is 0.196. The molecule has 0 bridgehead atoms. The van der Waals surface area contributed by atoms with Gasteiger partial charge < -0.3 is 0 Å². The first kappa shape index (κ1) is 29.5. The summed E-state index contributed by atoms with van der Waals surface area (Å²) in [4.78, 5) is 0. The zero-order valence-electron chi connectivity index (χ0n) is 24.6. The number of hydrogen-bond acceptors (Lipinski definition) is 0. The minimum Gasteiger partial charge on any atom is -0.207 e. The molecule has 1 aromatic carbocycles. The molecule has 0 atom stereocenters. The summed E-state index contributed by atoms with van der Waals surface area (Å²) in [7, 11) is 2.26. The number of halogens is 1. The van der Waals surface area contributed by atoms with Gasteiger partial charge in [0.25, 0.3) is 0 Å². The van der Waals surface area contributed by atoms with Crippen LogP contribution in [0.25, 0.3) is 0 Å². The van der Waals surface area contributed by atoms with Crippen LogP contribution in [0.15, 0.2) is 107 Å². The van der Waals surface area contributed by atoms with Gasteiger partial charge in [-0.3, -0.25) is 0 Å². The molecule has 0 N–H and O–H groups in total. The number of allylic oxidation sites excluding steroid dienone is 11. The molecule has 0 spiro atoms. The molecule has 3 rings (SSSR count). The lowest BCUT2D eigenvalue weighted by atomic mass is 9.52. The van der Waals surface area contributed by atoms with Crippen LogP contribution in [0.1, 0.15) is 75.6 Å². The van der Waals surface area contributed by atoms with Gasteiger partial charge >= 0.3 is 0 Å². The van der Waals surface area contributed by atoms with E-state index in [2.05, 4.69) is 84.8 Å². The van der Waals surface area contributed by atoms with Crippen LogP contribution >= 0.6 is 0 Å².